The van der Waals surface area contributed by atoms with Crippen LogP contribution in [0.3, 0.4) is 0 Å². The van der Waals surface area contributed by atoms with Crippen molar-refractivity contribution in [2.24, 2.45) is 4.99 Å². The van der Waals surface area contributed by atoms with Gasteiger partial charge in [0.25, 0.3) is 0 Å². The summed E-state index contributed by atoms with van der Waals surface area (Å²) >= 11 is 1.80. The van der Waals surface area contributed by atoms with E-state index in [1.807, 2.05) is 0 Å². The number of aliphatic imine (C=N–C) groups is 1. The minimum atomic E-state index is -1.26. The van der Waals surface area contributed by atoms with Gasteiger partial charge in [-0.25, -0.2) is 24.2 Å². The number of piperazine rings is 1. The second-order valence-corrected chi connectivity index (χ2v) is 9.77. The quantitative estimate of drug-likeness (QED) is 0.204. The van der Waals surface area contributed by atoms with Crippen LogP contribution in [0.4, 0.5) is 5.69 Å². The number of carboxylic acid groups (broad SMARTS) is 4. The van der Waals surface area contributed by atoms with Crippen molar-refractivity contribution in [1.29, 1.82) is 0 Å². The molecule has 0 saturated carbocycles. The number of nitrogens with zero attached hydrogens (tertiary/aromatic N) is 3. The number of amidine groups is 1. The van der Waals surface area contributed by atoms with Crippen LogP contribution in [0.1, 0.15) is 5.56 Å². The van der Waals surface area contributed by atoms with E-state index in [9.17, 15) is 19.2 Å². The number of aliphatic hydroxyl groups is 1. The number of hydrogen-bond donors (Lipinski definition) is 5. The predicted octanol–water partition coefficient (Wildman–Crippen LogP) is 2.28. The fourth-order valence-corrected chi connectivity index (χ4v) is 4.76. The van der Waals surface area contributed by atoms with E-state index >= 15 is 0 Å². The van der Waals surface area contributed by atoms with E-state index < -0.39 is 23.9 Å². The Labute approximate surface area is 252 Å². The molecule has 1 fully saturated rings. The molecule has 0 aromatic heterocycles. The molecule has 230 valence electrons. The van der Waals surface area contributed by atoms with Crippen molar-refractivity contribution in [3.05, 3.63) is 78.4 Å². The Morgan fingerprint density at radius 2 is 1.26 bits per heavy atom. The van der Waals surface area contributed by atoms with Crippen molar-refractivity contribution >= 4 is 47.2 Å². The molecule has 0 aliphatic carbocycles. The molecule has 0 amide bonds. The standard InChI is InChI=1S/C21H25N3O2S.2C4H4O4/c25-14-16-26-15-13-23-9-11-24(12-10-23)21-17-5-1-3-7-19(17)27-20-8-4-2-6-18(20)22-21;2*5-3(6)1-2-4(7)8/h1-8,25H,9-16H2;2*1-2H,(H,5,6)(H,7,8). The molecule has 4 rings (SSSR count). The molecule has 2 heterocycles. The molecule has 2 aromatic carbocycles. The summed E-state index contributed by atoms with van der Waals surface area (Å²) in [5.41, 5.74) is 2.27. The summed E-state index contributed by atoms with van der Waals surface area (Å²) < 4.78 is 5.40. The molecule has 1 saturated heterocycles. The number of fused-ring (bicyclic) bond motifs is 2. The summed E-state index contributed by atoms with van der Waals surface area (Å²) in [5, 5.41) is 40.0. The van der Waals surface area contributed by atoms with Crippen LogP contribution in [0.5, 0.6) is 0 Å². The number of para-hydroxylation sites is 1. The van der Waals surface area contributed by atoms with Gasteiger partial charge in [-0.2, -0.15) is 0 Å². The Hall–Kier alpha value is -4.50. The average Bonchev–Trinajstić information content (AvgIpc) is 3.15. The van der Waals surface area contributed by atoms with Crippen molar-refractivity contribution in [3.63, 3.8) is 0 Å². The first-order valence-corrected chi connectivity index (χ1v) is 13.8. The van der Waals surface area contributed by atoms with Crippen molar-refractivity contribution in [1.82, 2.24) is 9.80 Å². The smallest absolute Gasteiger partial charge is 0.328 e. The van der Waals surface area contributed by atoms with Crippen LogP contribution in [0, 0.1) is 0 Å². The zero-order valence-electron chi connectivity index (χ0n) is 23.1. The lowest BCUT2D eigenvalue weighted by Gasteiger charge is -2.36. The van der Waals surface area contributed by atoms with E-state index in [1.54, 1.807) is 11.8 Å². The molecule has 0 radical (unpaired) electrons. The second kappa shape index (κ2) is 18.8. The third kappa shape index (κ3) is 13.3. The maximum absolute atomic E-state index is 9.55. The first kappa shape index (κ1) is 34.7. The fraction of sp³-hybridized carbons (Fsp3) is 0.276. The molecule has 5 N–H and O–H groups in total. The number of ether oxygens (including phenoxy) is 1. The highest BCUT2D eigenvalue weighted by molar-refractivity contribution is 7.99. The number of aliphatic hydroxyl groups excluding tert-OH is 1. The van der Waals surface area contributed by atoms with Gasteiger partial charge in [0.15, 0.2) is 0 Å². The van der Waals surface area contributed by atoms with Gasteiger partial charge < -0.3 is 35.2 Å². The molecular weight excluding hydrogens is 582 g/mol. The van der Waals surface area contributed by atoms with E-state index in [0.29, 0.717) is 37.5 Å². The lowest BCUT2D eigenvalue weighted by Crippen LogP contribution is -2.49. The molecule has 14 heteroatoms. The van der Waals surface area contributed by atoms with Crippen LogP contribution in [0.2, 0.25) is 0 Å². The second-order valence-electron chi connectivity index (χ2n) is 8.69. The molecule has 2 aromatic rings. The van der Waals surface area contributed by atoms with Crippen molar-refractivity contribution in [2.45, 2.75) is 9.79 Å². The molecular formula is C29H33N3O10S. The Balaban J connectivity index is 0.000000334. The summed E-state index contributed by atoms with van der Waals surface area (Å²) in [4.78, 5) is 50.6. The Morgan fingerprint density at radius 3 is 1.79 bits per heavy atom. The summed E-state index contributed by atoms with van der Waals surface area (Å²) in [5.74, 6) is -3.95. The van der Waals surface area contributed by atoms with Crippen molar-refractivity contribution < 1.29 is 49.4 Å². The molecule has 2 aliphatic rings. The zero-order valence-corrected chi connectivity index (χ0v) is 23.9. The Kier molecular flexibility index (Phi) is 15.2. The molecule has 0 spiro atoms. The van der Waals surface area contributed by atoms with Crippen LogP contribution >= 0.6 is 11.8 Å². The minimum Gasteiger partial charge on any atom is -0.478 e. The van der Waals surface area contributed by atoms with Gasteiger partial charge in [0.1, 0.15) is 5.84 Å². The lowest BCUT2D eigenvalue weighted by molar-refractivity contribution is -0.134. The molecule has 43 heavy (non-hydrogen) atoms. The largest absolute Gasteiger partial charge is 0.478 e. The first-order valence-electron chi connectivity index (χ1n) is 13.0. The first-order chi connectivity index (χ1) is 20.6. The van der Waals surface area contributed by atoms with Crippen LogP contribution in [-0.2, 0) is 23.9 Å². The number of benzene rings is 2. The number of rotatable bonds is 9. The molecule has 0 atom stereocenters. The minimum absolute atomic E-state index is 0.0898. The molecule has 0 unspecified atom stereocenters. The Bertz CT molecular complexity index is 1270. The zero-order chi connectivity index (χ0) is 31.6. The van der Waals surface area contributed by atoms with E-state index in [0.717, 1.165) is 44.2 Å². The summed E-state index contributed by atoms with van der Waals surface area (Å²) in [6.07, 6.45) is 2.23. The maximum Gasteiger partial charge on any atom is 0.328 e. The van der Waals surface area contributed by atoms with Crippen LogP contribution < -0.4 is 0 Å². The maximum atomic E-state index is 9.55. The van der Waals surface area contributed by atoms with Gasteiger partial charge in [-0.3, -0.25) is 4.90 Å². The topological polar surface area (TPSA) is 198 Å². The van der Waals surface area contributed by atoms with Crippen LogP contribution in [0.15, 0.2) is 87.6 Å². The van der Waals surface area contributed by atoms with E-state index in [1.165, 1.54) is 15.4 Å². The van der Waals surface area contributed by atoms with Gasteiger partial charge in [-0.05, 0) is 18.2 Å². The third-order valence-corrected chi connectivity index (χ3v) is 6.78. The number of carboxylic acids is 4. The third-order valence-electron chi connectivity index (χ3n) is 5.64. The summed E-state index contributed by atoms with van der Waals surface area (Å²) in [6, 6.07) is 16.9. The molecule has 13 nitrogen and oxygen atoms in total. The molecule has 0 bridgehead atoms. The highest BCUT2D eigenvalue weighted by Crippen LogP contribution is 2.40. The van der Waals surface area contributed by atoms with Crippen molar-refractivity contribution in [2.75, 3.05) is 52.5 Å². The van der Waals surface area contributed by atoms with E-state index in [-0.39, 0.29) is 6.61 Å². The van der Waals surface area contributed by atoms with Gasteiger partial charge in [0, 0.05) is 72.4 Å². The van der Waals surface area contributed by atoms with Gasteiger partial charge in [0.2, 0.25) is 0 Å². The van der Waals surface area contributed by atoms with Crippen LogP contribution in [0.25, 0.3) is 0 Å². The molecule has 2 aliphatic heterocycles. The highest BCUT2D eigenvalue weighted by atomic mass is 32.2. The summed E-state index contributed by atoms with van der Waals surface area (Å²) in [6.45, 7) is 6.01. The predicted molar refractivity (Wildman–Crippen MR) is 158 cm³/mol. The van der Waals surface area contributed by atoms with Gasteiger partial charge in [-0.15, -0.1) is 0 Å². The fourth-order valence-electron chi connectivity index (χ4n) is 3.74. The monoisotopic (exact) mass is 615 g/mol. The summed E-state index contributed by atoms with van der Waals surface area (Å²) in [7, 11) is 0. The van der Waals surface area contributed by atoms with Crippen LogP contribution in [-0.4, -0.2) is 118 Å². The van der Waals surface area contributed by atoms with E-state index in [2.05, 4.69) is 58.3 Å². The average molecular weight is 616 g/mol. The number of aliphatic carboxylic acids is 4. The lowest BCUT2D eigenvalue weighted by atomic mass is 10.1. The SMILES string of the molecule is O=C(O)C=CC(=O)O.O=C(O)C=CC(=O)O.OCCOCCN1CCN(C2=Nc3ccccc3Sc3ccccc32)CC1. The van der Waals surface area contributed by atoms with Gasteiger partial charge in [-0.1, -0.05) is 42.1 Å². The normalized spacial score (nSPS) is 14.3. The highest BCUT2D eigenvalue weighted by Gasteiger charge is 2.25. The number of hydrogen-bond acceptors (Lipinski definition) is 10. The van der Waals surface area contributed by atoms with E-state index in [4.69, 9.17) is 35.3 Å². The Morgan fingerprint density at radius 1 is 0.744 bits per heavy atom. The van der Waals surface area contributed by atoms with Crippen molar-refractivity contribution in [3.8, 4) is 0 Å². The van der Waals surface area contributed by atoms with Gasteiger partial charge >= 0.3 is 23.9 Å². The van der Waals surface area contributed by atoms with Gasteiger partial charge in [0.05, 0.1) is 25.5 Å². The number of carbonyl (C=O) groups is 4.